The van der Waals surface area contributed by atoms with Crippen LogP contribution in [-0.4, -0.2) is 10.5 Å². The van der Waals surface area contributed by atoms with E-state index in [2.05, 4.69) is 0 Å². The SMILES string of the molecule is O=C(C=Cc1ccccc1Oc1ccccc1)n1c(=O)sc2cccc(F)c21. The van der Waals surface area contributed by atoms with Crippen LogP contribution in [0.3, 0.4) is 0 Å². The molecule has 0 aliphatic rings. The van der Waals surface area contributed by atoms with E-state index < -0.39 is 16.6 Å². The van der Waals surface area contributed by atoms with Gasteiger partial charge in [-0.1, -0.05) is 53.8 Å². The zero-order chi connectivity index (χ0) is 19.5. The number of carbonyl (C=O) groups is 1. The molecule has 0 bridgehead atoms. The van der Waals surface area contributed by atoms with Crippen LogP contribution in [0.5, 0.6) is 11.5 Å². The molecular formula is C22H14FNO3S. The number of thiazole rings is 1. The van der Waals surface area contributed by atoms with Crippen molar-refractivity contribution in [3.05, 3.63) is 99.9 Å². The van der Waals surface area contributed by atoms with Gasteiger partial charge in [-0.2, -0.15) is 0 Å². The van der Waals surface area contributed by atoms with Crippen LogP contribution in [0.4, 0.5) is 4.39 Å². The van der Waals surface area contributed by atoms with E-state index in [-0.39, 0.29) is 5.52 Å². The summed E-state index contributed by atoms with van der Waals surface area (Å²) in [7, 11) is 0. The highest BCUT2D eigenvalue weighted by atomic mass is 32.1. The first-order valence-electron chi connectivity index (χ1n) is 8.48. The Kier molecular flexibility index (Phi) is 4.87. The third-order valence-electron chi connectivity index (χ3n) is 4.07. The molecule has 4 nitrogen and oxygen atoms in total. The number of halogens is 1. The van der Waals surface area contributed by atoms with Gasteiger partial charge in [-0.15, -0.1) is 0 Å². The smallest absolute Gasteiger partial charge is 0.315 e. The fourth-order valence-electron chi connectivity index (χ4n) is 2.79. The Labute approximate surface area is 163 Å². The Balaban J connectivity index is 1.67. The maximum absolute atomic E-state index is 14.1. The molecule has 0 unspecified atom stereocenters. The first-order chi connectivity index (χ1) is 13.6. The standard InChI is InChI=1S/C22H14FNO3S/c23-17-10-6-12-19-21(17)24(22(26)28-19)20(25)14-13-15-7-4-5-11-18(15)27-16-8-2-1-3-9-16/h1-14H. The van der Waals surface area contributed by atoms with Crippen LogP contribution in [0.2, 0.25) is 0 Å². The summed E-state index contributed by atoms with van der Waals surface area (Å²) >= 11 is 0.836. The minimum atomic E-state index is -0.615. The average Bonchev–Trinajstić information content (AvgIpc) is 3.05. The van der Waals surface area contributed by atoms with Crippen molar-refractivity contribution < 1.29 is 13.9 Å². The molecule has 0 fully saturated rings. The van der Waals surface area contributed by atoms with Crippen molar-refractivity contribution >= 4 is 33.5 Å². The van der Waals surface area contributed by atoms with Crippen molar-refractivity contribution in [1.29, 1.82) is 0 Å². The molecule has 4 aromatic rings. The van der Waals surface area contributed by atoms with E-state index >= 15 is 0 Å². The predicted octanol–water partition coefficient (Wildman–Crippen LogP) is 5.35. The molecule has 1 aromatic heterocycles. The predicted molar refractivity (Wildman–Crippen MR) is 109 cm³/mol. The molecule has 4 rings (SSSR count). The monoisotopic (exact) mass is 391 g/mol. The molecule has 0 aliphatic carbocycles. The normalized spacial score (nSPS) is 11.2. The van der Waals surface area contributed by atoms with Crippen LogP contribution >= 0.6 is 11.3 Å². The maximum Gasteiger partial charge on any atom is 0.315 e. The van der Waals surface area contributed by atoms with Crippen molar-refractivity contribution in [2.75, 3.05) is 0 Å². The van der Waals surface area contributed by atoms with Crippen LogP contribution in [0.1, 0.15) is 10.4 Å². The van der Waals surface area contributed by atoms with Crippen molar-refractivity contribution in [3.63, 3.8) is 0 Å². The van der Waals surface area contributed by atoms with E-state index in [1.165, 1.54) is 18.2 Å². The summed E-state index contributed by atoms with van der Waals surface area (Å²) in [5.74, 6) is 0.00419. The number of aromatic nitrogens is 1. The van der Waals surface area contributed by atoms with Gasteiger partial charge in [0.05, 0.1) is 4.70 Å². The summed E-state index contributed by atoms with van der Waals surface area (Å²) < 4.78 is 21.3. The lowest BCUT2D eigenvalue weighted by atomic mass is 10.2. The van der Waals surface area contributed by atoms with Crippen LogP contribution in [0.15, 0.2) is 83.7 Å². The van der Waals surface area contributed by atoms with E-state index in [1.54, 1.807) is 24.3 Å². The van der Waals surface area contributed by atoms with E-state index in [9.17, 15) is 14.0 Å². The average molecular weight is 391 g/mol. The molecule has 0 atom stereocenters. The number of carbonyl (C=O) groups excluding carboxylic acids is 1. The van der Waals surface area contributed by atoms with Gasteiger partial charge in [0.2, 0.25) is 0 Å². The van der Waals surface area contributed by atoms with Gasteiger partial charge in [0.1, 0.15) is 22.8 Å². The summed E-state index contributed by atoms with van der Waals surface area (Å²) in [4.78, 5) is 24.3. The zero-order valence-electron chi connectivity index (χ0n) is 14.5. The number of rotatable bonds is 4. The maximum atomic E-state index is 14.1. The first-order valence-corrected chi connectivity index (χ1v) is 9.29. The van der Waals surface area contributed by atoms with Gasteiger partial charge in [0.25, 0.3) is 5.91 Å². The van der Waals surface area contributed by atoms with Gasteiger partial charge in [-0.25, -0.2) is 8.96 Å². The van der Waals surface area contributed by atoms with E-state index in [1.807, 2.05) is 42.5 Å². The van der Waals surface area contributed by atoms with Gasteiger partial charge in [0.15, 0.2) is 0 Å². The molecule has 0 saturated carbocycles. The molecule has 0 spiro atoms. The van der Waals surface area contributed by atoms with Crippen molar-refractivity contribution in [2.45, 2.75) is 0 Å². The molecule has 1 heterocycles. The Morgan fingerprint density at radius 1 is 0.964 bits per heavy atom. The quantitative estimate of drug-likeness (QED) is 0.441. The highest BCUT2D eigenvalue weighted by Crippen LogP contribution is 2.26. The number of para-hydroxylation sites is 3. The van der Waals surface area contributed by atoms with Gasteiger partial charge in [-0.3, -0.25) is 9.59 Å². The lowest BCUT2D eigenvalue weighted by Crippen LogP contribution is -2.20. The number of hydrogen-bond acceptors (Lipinski definition) is 4. The van der Waals surface area contributed by atoms with E-state index in [4.69, 9.17) is 4.74 Å². The topological polar surface area (TPSA) is 48.3 Å². The molecule has 0 aliphatic heterocycles. The highest BCUT2D eigenvalue weighted by molar-refractivity contribution is 7.16. The third-order valence-corrected chi connectivity index (χ3v) is 4.98. The summed E-state index contributed by atoms with van der Waals surface area (Å²) in [6, 6.07) is 20.8. The van der Waals surface area contributed by atoms with Gasteiger partial charge in [0, 0.05) is 11.6 Å². The summed E-state index contributed by atoms with van der Waals surface area (Å²) in [6.07, 6.45) is 2.80. The Hall–Kier alpha value is -3.51. The molecule has 0 saturated heterocycles. The van der Waals surface area contributed by atoms with Crippen LogP contribution in [0.25, 0.3) is 16.3 Å². The first kappa shape index (κ1) is 17.9. The number of fused-ring (bicyclic) bond motifs is 1. The molecule has 3 aromatic carbocycles. The fourth-order valence-corrected chi connectivity index (χ4v) is 3.68. The zero-order valence-corrected chi connectivity index (χ0v) is 15.4. The molecule has 0 amide bonds. The lowest BCUT2D eigenvalue weighted by molar-refractivity contribution is 0.0972. The molecular weight excluding hydrogens is 377 g/mol. The van der Waals surface area contributed by atoms with Crippen LogP contribution in [-0.2, 0) is 0 Å². The van der Waals surface area contributed by atoms with E-state index in [0.29, 0.717) is 21.8 Å². The molecule has 0 N–H and O–H groups in total. The van der Waals surface area contributed by atoms with Crippen LogP contribution < -0.4 is 9.61 Å². The summed E-state index contributed by atoms with van der Waals surface area (Å²) in [5, 5.41) is 0. The number of allylic oxidation sites excluding steroid dienone is 1. The second-order valence-corrected chi connectivity index (χ2v) is 6.91. The molecule has 0 radical (unpaired) electrons. The highest BCUT2D eigenvalue weighted by Gasteiger charge is 2.15. The van der Waals surface area contributed by atoms with Gasteiger partial charge in [-0.05, 0) is 36.4 Å². The molecule has 138 valence electrons. The molecule has 6 heteroatoms. The second kappa shape index (κ2) is 7.62. The largest absolute Gasteiger partial charge is 0.457 e. The summed E-state index contributed by atoms with van der Waals surface area (Å²) in [6.45, 7) is 0. The number of ether oxygens (including phenoxy) is 1. The second-order valence-electron chi connectivity index (χ2n) is 5.91. The Morgan fingerprint density at radius 3 is 2.54 bits per heavy atom. The number of hydrogen-bond donors (Lipinski definition) is 0. The van der Waals surface area contributed by atoms with Crippen LogP contribution in [0, 0.1) is 5.82 Å². The lowest BCUT2D eigenvalue weighted by Gasteiger charge is -2.08. The van der Waals surface area contributed by atoms with E-state index in [0.717, 1.165) is 15.9 Å². The van der Waals surface area contributed by atoms with Crippen molar-refractivity contribution in [3.8, 4) is 11.5 Å². The number of nitrogens with zero attached hydrogens (tertiary/aromatic N) is 1. The van der Waals surface area contributed by atoms with Crippen molar-refractivity contribution in [1.82, 2.24) is 4.57 Å². The minimum Gasteiger partial charge on any atom is -0.457 e. The summed E-state index contributed by atoms with van der Waals surface area (Å²) in [5.41, 5.74) is 0.661. The Morgan fingerprint density at radius 2 is 1.71 bits per heavy atom. The van der Waals surface area contributed by atoms with Gasteiger partial charge < -0.3 is 4.74 Å². The Bertz CT molecular complexity index is 1240. The molecule has 28 heavy (non-hydrogen) atoms. The minimum absolute atomic E-state index is 0.000899. The third kappa shape index (κ3) is 3.50. The van der Waals surface area contributed by atoms with Crippen molar-refractivity contribution in [2.24, 2.45) is 0 Å². The van der Waals surface area contributed by atoms with Gasteiger partial charge >= 0.3 is 4.87 Å². The number of benzene rings is 3. The fraction of sp³-hybridized carbons (Fsp3) is 0.